The van der Waals surface area contributed by atoms with Crippen LogP contribution in [0.25, 0.3) is 10.8 Å². The molecule has 17 heavy (non-hydrogen) atoms. The summed E-state index contributed by atoms with van der Waals surface area (Å²) in [5.41, 5.74) is 0. The summed E-state index contributed by atoms with van der Waals surface area (Å²) in [6.45, 7) is 4.00. The van der Waals surface area contributed by atoms with E-state index in [0.29, 0.717) is 0 Å². The molecule has 2 aromatic carbocycles. The molecule has 92 valence electrons. The van der Waals surface area contributed by atoms with Gasteiger partial charge in [0.1, 0.15) is 5.75 Å². The first-order chi connectivity index (χ1) is 8.20. The molecule has 0 aromatic heterocycles. The Kier molecular flexibility index (Phi) is 5.16. The van der Waals surface area contributed by atoms with Gasteiger partial charge in [0.05, 0.1) is 7.11 Å². The Morgan fingerprint density at radius 3 is 2.18 bits per heavy atom. The first-order valence-electron chi connectivity index (χ1n) is 5.62. The van der Waals surface area contributed by atoms with Crippen molar-refractivity contribution in [2.45, 2.75) is 18.7 Å². The third-order valence-electron chi connectivity index (χ3n) is 2.35. The van der Waals surface area contributed by atoms with Gasteiger partial charge in [0, 0.05) is 22.0 Å². The number of methoxy groups -OCH3 is 1. The van der Waals surface area contributed by atoms with E-state index in [0.717, 1.165) is 21.4 Å². The van der Waals surface area contributed by atoms with Gasteiger partial charge < -0.3 is 4.74 Å². The van der Waals surface area contributed by atoms with Crippen LogP contribution >= 0.6 is 0 Å². The summed E-state index contributed by atoms with van der Waals surface area (Å²) >= 11 is 0. The Morgan fingerprint density at radius 1 is 1.00 bits per heavy atom. The topological polar surface area (TPSA) is 26.3 Å². The molecule has 1 atom stereocenters. The fourth-order valence-corrected chi connectivity index (χ4v) is 2.06. The standard InChI is InChI=1S/C12H12O2S.C2H6/c1-14-11-5-3-10-8-12(15(2)13)6-4-9(10)7-11;1-2/h3-8H,1-2H3;1-2H3. The predicted octanol–water partition coefficient (Wildman–Crippen LogP) is 3.61. The van der Waals surface area contributed by atoms with E-state index in [9.17, 15) is 4.21 Å². The average molecular weight is 250 g/mol. The summed E-state index contributed by atoms with van der Waals surface area (Å²) in [5.74, 6) is 0.841. The zero-order chi connectivity index (χ0) is 12.8. The SMILES string of the molecule is CC.COc1ccc2cc(S(C)=O)ccc2c1. The van der Waals surface area contributed by atoms with Crippen LogP contribution in [-0.4, -0.2) is 17.6 Å². The molecular weight excluding hydrogens is 232 g/mol. The number of benzene rings is 2. The number of hydrogen-bond acceptors (Lipinski definition) is 2. The quantitative estimate of drug-likeness (QED) is 0.814. The average Bonchev–Trinajstić information content (AvgIpc) is 2.39. The normalized spacial score (nSPS) is 11.5. The molecule has 0 fully saturated rings. The Labute approximate surface area is 105 Å². The van der Waals surface area contributed by atoms with Crippen LogP contribution in [0.2, 0.25) is 0 Å². The maximum atomic E-state index is 11.3. The summed E-state index contributed by atoms with van der Waals surface area (Å²) in [6.07, 6.45) is 1.69. The first-order valence-corrected chi connectivity index (χ1v) is 7.18. The smallest absolute Gasteiger partial charge is 0.119 e. The van der Waals surface area contributed by atoms with Gasteiger partial charge in [-0.25, -0.2) is 0 Å². The minimum atomic E-state index is -0.923. The fourth-order valence-electron chi connectivity index (χ4n) is 1.51. The van der Waals surface area contributed by atoms with Gasteiger partial charge >= 0.3 is 0 Å². The molecule has 0 aliphatic rings. The molecule has 0 saturated carbocycles. The molecule has 2 nitrogen and oxygen atoms in total. The van der Waals surface area contributed by atoms with E-state index in [1.807, 2.05) is 50.2 Å². The Balaban J connectivity index is 0.000000686. The number of fused-ring (bicyclic) bond motifs is 1. The van der Waals surface area contributed by atoms with Gasteiger partial charge in [-0.3, -0.25) is 4.21 Å². The second-order valence-corrected chi connectivity index (χ2v) is 4.71. The molecular formula is C14H18O2S. The molecule has 0 heterocycles. The monoisotopic (exact) mass is 250 g/mol. The van der Waals surface area contributed by atoms with Crippen molar-refractivity contribution in [2.24, 2.45) is 0 Å². The minimum absolute atomic E-state index is 0.841. The van der Waals surface area contributed by atoms with Gasteiger partial charge in [-0.1, -0.05) is 26.0 Å². The van der Waals surface area contributed by atoms with E-state index in [1.165, 1.54) is 0 Å². The highest BCUT2D eigenvalue weighted by Gasteiger charge is 2.00. The van der Waals surface area contributed by atoms with Crippen LogP contribution in [0.1, 0.15) is 13.8 Å². The molecule has 2 aromatic rings. The van der Waals surface area contributed by atoms with Crippen LogP contribution in [0.4, 0.5) is 0 Å². The molecule has 0 aliphatic carbocycles. The van der Waals surface area contributed by atoms with E-state index in [-0.39, 0.29) is 0 Å². The molecule has 2 rings (SSSR count). The second-order valence-electron chi connectivity index (χ2n) is 3.33. The van der Waals surface area contributed by atoms with Gasteiger partial charge in [0.15, 0.2) is 0 Å². The molecule has 1 unspecified atom stereocenters. The lowest BCUT2D eigenvalue weighted by atomic mass is 10.1. The minimum Gasteiger partial charge on any atom is -0.497 e. The number of rotatable bonds is 2. The number of ether oxygens (including phenoxy) is 1. The molecule has 0 bridgehead atoms. The van der Waals surface area contributed by atoms with Crippen LogP contribution in [-0.2, 0) is 10.8 Å². The third kappa shape index (κ3) is 3.30. The summed E-state index contributed by atoms with van der Waals surface area (Å²) in [5, 5.41) is 2.19. The van der Waals surface area contributed by atoms with Crippen molar-refractivity contribution in [3.8, 4) is 5.75 Å². The molecule has 0 spiro atoms. The summed E-state index contributed by atoms with van der Waals surface area (Å²) in [4.78, 5) is 0.854. The van der Waals surface area contributed by atoms with E-state index < -0.39 is 10.8 Å². The lowest BCUT2D eigenvalue weighted by molar-refractivity contribution is 0.415. The highest BCUT2D eigenvalue weighted by atomic mass is 32.2. The predicted molar refractivity (Wildman–Crippen MR) is 74.2 cm³/mol. The highest BCUT2D eigenvalue weighted by molar-refractivity contribution is 7.84. The second kappa shape index (κ2) is 6.40. The molecule has 0 aliphatic heterocycles. The maximum Gasteiger partial charge on any atom is 0.119 e. The Bertz CT molecular complexity index is 521. The number of hydrogen-bond donors (Lipinski definition) is 0. The van der Waals surface area contributed by atoms with Crippen LogP contribution in [0.5, 0.6) is 5.75 Å². The van der Waals surface area contributed by atoms with Crippen molar-refractivity contribution in [3.63, 3.8) is 0 Å². The van der Waals surface area contributed by atoms with Gasteiger partial charge in [0.2, 0.25) is 0 Å². The lowest BCUT2D eigenvalue weighted by Gasteiger charge is -2.03. The summed E-state index contributed by atoms with van der Waals surface area (Å²) in [6, 6.07) is 11.7. The van der Waals surface area contributed by atoms with Crippen LogP contribution in [0.15, 0.2) is 41.3 Å². The van der Waals surface area contributed by atoms with Gasteiger partial charge in [0.25, 0.3) is 0 Å². The highest BCUT2D eigenvalue weighted by Crippen LogP contribution is 2.22. The third-order valence-corrected chi connectivity index (χ3v) is 3.27. The molecule has 0 saturated heterocycles. The fraction of sp³-hybridized carbons (Fsp3) is 0.286. The zero-order valence-electron chi connectivity index (χ0n) is 10.7. The van der Waals surface area contributed by atoms with Crippen molar-refractivity contribution in [1.29, 1.82) is 0 Å². The van der Waals surface area contributed by atoms with E-state index in [2.05, 4.69) is 0 Å². The molecule has 0 radical (unpaired) electrons. The van der Waals surface area contributed by atoms with Crippen LogP contribution in [0, 0.1) is 0 Å². The van der Waals surface area contributed by atoms with Crippen molar-refractivity contribution in [1.82, 2.24) is 0 Å². The molecule has 0 amide bonds. The Morgan fingerprint density at radius 2 is 1.59 bits per heavy atom. The lowest BCUT2D eigenvalue weighted by Crippen LogP contribution is -1.87. The van der Waals surface area contributed by atoms with Crippen LogP contribution < -0.4 is 4.74 Å². The summed E-state index contributed by atoms with van der Waals surface area (Å²) in [7, 11) is 0.726. The van der Waals surface area contributed by atoms with Gasteiger partial charge in [-0.2, -0.15) is 0 Å². The largest absolute Gasteiger partial charge is 0.497 e. The maximum absolute atomic E-state index is 11.3. The van der Waals surface area contributed by atoms with E-state index >= 15 is 0 Å². The van der Waals surface area contributed by atoms with Crippen molar-refractivity contribution >= 4 is 21.6 Å². The zero-order valence-corrected chi connectivity index (χ0v) is 11.5. The van der Waals surface area contributed by atoms with Crippen molar-refractivity contribution in [3.05, 3.63) is 36.4 Å². The molecule has 0 N–H and O–H groups in total. The summed E-state index contributed by atoms with van der Waals surface area (Å²) < 4.78 is 16.4. The van der Waals surface area contributed by atoms with Gasteiger partial charge in [-0.15, -0.1) is 0 Å². The van der Waals surface area contributed by atoms with Gasteiger partial charge in [-0.05, 0) is 35.0 Å². The van der Waals surface area contributed by atoms with Crippen LogP contribution in [0.3, 0.4) is 0 Å². The Hall–Kier alpha value is -1.35. The first kappa shape index (κ1) is 13.7. The van der Waals surface area contributed by atoms with E-state index in [1.54, 1.807) is 13.4 Å². The molecule has 3 heteroatoms. The van der Waals surface area contributed by atoms with Crippen molar-refractivity contribution < 1.29 is 8.95 Å². The van der Waals surface area contributed by atoms with Crippen molar-refractivity contribution in [2.75, 3.05) is 13.4 Å². The van der Waals surface area contributed by atoms with E-state index in [4.69, 9.17) is 4.74 Å².